The number of nitrogens with zero attached hydrogens (tertiary/aromatic N) is 4. The van der Waals surface area contributed by atoms with Gasteiger partial charge in [0.2, 0.25) is 0 Å². The lowest BCUT2D eigenvalue weighted by Crippen LogP contribution is -2.46. The highest BCUT2D eigenvalue weighted by Crippen LogP contribution is 2.27. The van der Waals surface area contributed by atoms with Crippen molar-refractivity contribution in [3.63, 3.8) is 0 Å². The van der Waals surface area contributed by atoms with E-state index in [-0.39, 0.29) is 0 Å². The zero-order chi connectivity index (χ0) is 10.1. The van der Waals surface area contributed by atoms with E-state index in [1.807, 2.05) is 5.38 Å². The summed E-state index contributed by atoms with van der Waals surface area (Å²) in [6.07, 6.45) is 2.85. The van der Waals surface area contributed by atoms with Crippen LogP contribution in [0.15, 0.2) is 5.38 Å². The van der Waals surface area contributed by atoms with Gasteiger partial charge in [0.05, 0.1) is 5.69 Å². The fourth-order valence-electron chi connectivity index (χ4n) is 2.21. The number of hydrogen-bond donors (Lipinski definition) is 0. The van der Waals surface area contributed by atoms with Gasteiger partial charge in [-0.3, -0.25) is 9.80 Å². The van der Waals surface area contributed by atoms with E-state index in [1.54, 1.807) is 0 Å². The van der Waals surface area contributed by atoms with E-state index in [0.29, 0.717) is 0 Å². The summed E-state index contributed by atoms with van der Waals surface area (Å²) in [5, 5.41) is 6.14. The van der Waals surface area contributed by atoms with Crippen molar-refractivity contribution < 1.29 is 0 Å². The Bertz CT molecular complexity index is 301. The van der Waals surface area contributed by atoms with Crippen LogP contribution in [0, 0.1) is 0 Å². The Kier molecular flexibility index (Phi) is 2.68. The van der Waals surface area contributed by atoms with Crippen LogP contribution in [0.5, 0.6) is 0 Å². The molecule has 1 aliphatic heterocycles. The quantitative estimate of drug-likeness (QED) is 0.761. The Balaban J connectivity index is 1.49. The first kappa shape index (κ1) is 9.69. The zero-order valence-corrected chi connectivity index (χ0v) is 9.62. The molecule has 1 aliphatic carbocycles. The molecule has 1 aromatic heterocycles. The smallest absolute Gasteiger partial charge is 0.0895 e. The molecule has 2 fully saturated rings. The van der Waals surface area contributed by atoms with Gasteiger partial charge in [-0.05, 0) is 24.4 Å². The van der Waals surface area contributed by atoms with Crippen LogP contribution in [-0.4, -0.2) is 51.6 Å². The highest BCUT2D eigenvalue weighted by Gasteiger charge is 2.31. The topological polar surface area (TPSA) is 32.3 Å². The van der Waals surface area contributed by atoms with E-state index in [9.17, 15) is 0 Å². The van der Waals surface area contributed by atoms with Gasteiger partial charge in [-0.15, -0.1) is 5.10 Å². The summed E-state index contributed by atoms with van der Waals surface area (Å²) in [6, 6.07) is 0.924. The van der Waals surface area contributed by atoms with E-state index in [2.05, 4.69) is 19.4 Å². The predicted molar refractivity (Wildman–Crippen MR) is 59.8 cm³/mol. The van der Waals surface area contributed by atoms with Crippen LogP contribution in [0.3, 0.4) is 0 Å². The number of rotatable bonds is 3. The molecular weight excluding hydrogens is 208 g/mol. The highest BCUT2D eigenvalue weighted by molar-refractivity contribution is 7.03. The summed E-state index contributed by atoms with van der Waals surface area (Å²) in [4.78, 5) is 5.12. The van der Waals surface area contributed by atoms with Crippen LogP contribution >= 0.6 is 11.5 Å². The first-order chi connectivity index (χ1) is 7.42. The molecule has 4 nitrogen and oxygen atoms in total. The Labute approximate surface area is 94.0 Å². The third-order valence-corrected chi connectivity index (χ3v) is 3.81. The first-order valence-electron chi connectivity index (χ1n) is 5.64. The van der Waals surface area contributed by atoms with E-state index in [1.165, 1.54) is 50.6 Å². The van der Waals surface area contributed by atoms with Gasteiger partial charge >= 0.3 is 0 Å². The zero-order valence-electron chi connectivity index (χ0n) is 8.80. The molecule has 0 amide bonds. The van der Waals surface area contributed by atoms with Crippen molar-refractivity contribution in [1.29, 1.82) is 0 Å². The van der Waals surface area contributed by atoms with Crippen LogP contribution in [0.1, 0.15) is 18.5 Å². The van der Waals surface area contributed by atoms with Crippen molar-refractivity contribution in [3.05, 3.63) is 11.1 Å². The van der Waals surface area contributed by atoms with Gasteiger partial charge in [-0.2, -0.15) is 0 Å². The summed E-state index contributed by atoms with van der Waals surface area (Å²) in [5.74, 6) is 0. The van der Waals surface area contributed by atoms with Crippen molar-refractivity contribution in [1.82, 2.24) is 19.4 Å². The molecule has 3 rings (SSSR count). The van der Waals surface area contributed by atoms with Gasteiger partial charge in [-0.25, -0.2) is 0 Å². The maximum atomic E-state index is 4.09. The fourth-order valence-corrected chi connectivity index (χ4v) is 2.65. The maximum Gasteiger partial charge on any atom is 0.0895 e. The molecule has 0 atom stereocenters. The van der Waals surface area contributed by atoms with Gasteiger partial charge in [0, 0.05) is 44.1 Å². The molecule has 5 heteroatoms. The number of aromatic nitrogens is 2. The number of piperazine rings is 1. The Hall–Kier alpha value is -0.520. The summed E-state index contributed by atoms with van der Waals surface area (Å²) in [6.45, 7) is 5.83. The molecule has 0 bridgehead atoms. The van der Waals surface area contributed by atoms with Crippen molar-refractivity contribution in [2.45, 2.75) is 25.4 Å². The summed E-state index contributed by atoms with van der Waals surface area (Å²) in [5.41, 5.74) is 1.12. The molecule has 0 unspecified atom stereocenters. The summed E-state index contributed by atoms with van der Waals surface area (Å²) >= 11 is 1.45. The second-order valence-corrected chi connectivity index (χ2v) is 5.05. The second-order valence-electron chi connectivity index (χ2n) is 4.44. The monoisotopic (exact) mass is 224 g/mol. The SMILES string of the molecule is c1snnc1CN1CCN(C2CC2)CC1. The molecule has 2 aliphatic rings. The Morgan fingerprint density at radius 2 is 2.07 bits per heavy atom. The minimum Gasteiger partial charge on any atom is -0.298 e. The van der Waals surface area contributed by atoms with E-state index < -0.39 is 0 Å². The third-order valence-electron chi connectivity index (χ3n) is 3.26. The first-order valence-corrected chi connectivity index (χ1v) is 6.48. The standard InChI is InChI=1S/C10H16N4S/c1-2-10(1)14-5-3-13(4-6-14)7-9-8-15-12-11-9/h8,10H,1-7H2. The second kappa shape index (κ2) is 4.15. The molecule has 1 saturated heterocycles. The van der Waals surface area contributed by atoms with Gasteiger partial charge in [0.25, 0.3) is 0 Å². The highest BCUT2D eigenvalue weighted by atomic mass is 32.1. The normalized spacial score (nSPS) is 24.5. The van der Waals surface area contributed by atoms with Crippen molar-refractivity contribution >= 4 is 11.5 Å². The van der Waals surface area contributed by atoms with Crippen molar-refractivity contribution in [2.24, 2.45) is 0 Å². The molecule has 15 heavy (non-hydrogen) atoms. The average molecular weight is 224 g/mol. The molecule has 0 aromatic carbocycles. The molecule has 0 N–H and O–H groups in total. The molecule has 0 spiro atoms. The lowest BCUT2D eigenvalue weighted by Gasteiger charge is -2.34. The van der Waals surface area contributed by atoms with Gasteiger partial charge in [-0.1, -0.05) is 4.49 Å². The summed E-state index contributed by atoms with van der Waals surface area (Å²) in [7, 11) is 0. The van der Waals surface area contributed by atoms with Crippen molar-refractivity contribution in [2.75, 3.05) is 26.2 Å². The van der Waals surface area contributed by atoms with E-state index >= 15 is 0 Å². The van der Waals surface area contributed by atoms with Crippen molar-refractivity contribution in [3.8, 4) is 0 Å². The number of hydrogen-bond acceptors (Lipinski definition) is 5. The van der Waals surface area contributed by atoms with Gasteiger partial charge < -0.3 is 0 Å². The third kappa shape index (κ3) is 2.35. The van der Waals surface area contributed by atoms with Gasteiger partial charge in [0.15, 0.2) is 0 Å². The van der Waals surface area contributed by atoms with Crippen LogP contribution < -0.4 is 0 Å². The molecule has 1 aromatic rings. The fraction of sp³-hybridized carbons (Fsp3) is 0.800. The largest absolute Gasteiger partial charge is 0.298 e. The molecule has 82 valence electrons. The molecule has 0 radical (unpaired) electrons. The predicted octanol–water partition coefficient (Wildman–Crippen LogP) is 0.818. The van der Waals surface area contributed by atoms with Crippen LogP contribution in [0.25, 0.3) is 0 Å². The Morgan fingerprint density at radius 3 is 2.67 bits per heavy atom. The lowest BCUT2D eigenvalue weighted by molar-refractivity contribution is 0.120. The maximum absolute atomic E-state index is 4.09. The van der Waals surface area contributed by atoms with Crippen LogP contribution in [0.4, 0.5) is 0 Å². The van der Waals surface area contributed by atoms with E-state index in [0.717, 1.165) is 18.3 Å². The lowest BCUT2D eigenvalue weighted by atomic mass is 10.3. The van der Waals surface area contributed by atoms with E-state index in [4.69, 9.17) is 0 Å². The molecular formula is C10H16N4S. The molecule has 2 heterocycles. The Morgan fingerprint density at radius 1 is 1.27 bits per heavy atom. The van der Waals surface area contributed by atoms with Crippen LogP contribution in [0.2, 0.25) is 0 Å². The molecule has 1 saturated carbocycles. The average Bonchev–Trinajstić information content (AvgIpc) is 2.99. The minimum absolute atomic E-state index is 0.924. The summed E-state index contributed by atoms with van der Waals surface area (Å²) < 4.78 is 3.90. The van der Waals surface area contributed by atoms with Gasteiger partial charge in [0.1, 0.15) is 0 Å². The minimum atomic E-state index is 0.924. The van der Waals surface area contributed by atoms with Crippen LogP contribution in [-0.2, 0) is 6.54 Å².